The summed E-state index contributed by atoms with van der Waals surface area (Å²) in [5.41, 5.74) is 1.68. The quantitative estimate of drug-likeness (QED) is 0.790. The maximum atomic E-state index is 9.57. The summed E-state index contributed by atoms with van der Waals surface area (Å²) in [7, 11) is 0. The van der Waals surface area contributed by atoms with Gasteiger partial charge in [0, 0.05) is 6.07 Å². The molecule has 20 heavy (non-hydrogen) atoms. The Hall–Kier alpha value is -2.89. The van der Waals surface area contributed by atoms with Gasteiger partial charge < -0.3 is 9.84 Å². The van der Waals surface area contributed by atoms with Crippen LogP contribution in [0.1, 0.15) is 5.56 Å². The molecular formula is C14H12N4O2. The van der Waals surface area contributed by atoms with Crippen LogP contribution in [-0.2, 0) is 0 Å². The van der Waals surface area contributed by atoms with Gasteiger partial charge >= 0.3 is 6.01 Å². The van der Waals surface area contributed by atoms with Crippen molar-refractivity contribution < 1.29 is 9.84 Å². The Balaban J connectivity index is 1.94. The smallest absolute Gasteiger partial charge is 0.345 e. The number of benzene rings is 2. The Kier molecular flexibility index (Phi) is 3.04. The molecule has 0 saturated carbocycles. The Bertz CT molecular complexity index is 705. The number of aromatic hydroxyl groups is 1. The van der Waals surface area contributed by atoms with E-state index < -0.39 is 0 Å². The first kappa shape index (κ1) is 12.2. The number of hydrogen-bond acceptors (Lipinski definition) is 5. The Labute approximate surface area is 115 Å². The number of aromatic nitrogens is 4. The lowest BCUT2D eigenvalue weighted by Crippen LogP contribution is -2.00. The van der Waals surface area contributed by atoms with Crippen LogP contribution in [-0.4, -0.2) is 25.3 Å². The largest absolute Gasteiger partial charge is 0.508 e. The van der Waals surface area contributed by atoms with E-state index in [0.717, 1.165) is 11.3 Å². The first-order chi connectivity index (χ1) is 9.72. The number of tetrazole rings is 1. The van der Waals surface area contributed by atoms with E-state index in [-0.39, 0.29) is 11.8 Å². The second-order valence-electron chi connectivity index (χ2n) is 4.32. The first-order valence-electron chi connectivity index (χ1n) is 6.05. The number of ether oxygens (including phenoxy) is 1. The molecule has 0 aliphatic carbocycles. The van der Waals surface area contributed by atoms with Gasteiger partial charge in [-0.05, 0) is 47.2 Å². The van der Waals surface area contributed by atoms with Crippen LogP contribution in [0.4, 0.5) is 0 Å². The monoisotopic (exact) mass is 268 g/mol. The third-order valence-electron chi connectivity index (χ3n) is 2.69. The van der Waals surface area contributed by atoms with Crippen LogP contribution in [0.3, 0.4) is 0 Å². The third-order valence-corrected chi connectivity index (χ3v) is 2.69. The molecule has 0 atom stereocenters. The number of aryl methyl sites for hydroxylation is 1. The van der Waals surface area contributed by atoms with Crippen molar-refractivity contribution in [3.05, 3.63) is 54.1 Å². The van der Waals surface area contributed by atoms with E-state index >= 15 is 0 Å². The van der Waals surface area contributed by atoms with Crippen LogP contribution in [0.25, 0.3) is 5.69 Å². The minimum atomic E-state index is 0.138. The second kappa shape index (κ2) is 5.00. The number of phenols is 1. The summed E-state index contributed by atoms with van der Waals surface area (Å²) in [5.74, 6) is 0.619. The zero-order valence-corrected chi connectivity index (χ0v) is 10.8. The minimum absolute atomic E-state index is 0.138. The molecule has 0 aliphatic rings. The molecule has 0 amide bonds. The van der Waals surface area contributed by atoms with E-state index in [0.29, 0.717) is 5.75 Å². The third kappa shape index (κ3) is 2.44. The highest BCUT2D eigenvalue weighted by Gasteiger charge is 2.11. The fraction of sp³-hybridized carbons (Fsp3) is 0.0714. The summed E-state index contributed by atoms with van der Waals surface area (Å²) in [5, 5.41) is 20.9. The summed E-state index contributed by atoms with van der Waals surface area (Å²) in [4.78, 5) is 0. The van der Waals surface area contributed by atoms with Gasteiger partial charge in [-0.1, -0.05) is 23.3 Å². The van der Waals surface area contributed by atoms with Gasteiger partial charge in [-0.15, -0.1) is 0 Å². The van der Waals surface area contributed by atoms with Gasteiger partial charge in [0.05, 0.1) is 5.69 Å². The van der Waals surface area contributed by atoms with Gasteiger partial charge in [0.25, 0.3) is 0 Å². The molecule has 6 nitrogen and oxygen atoms in total. The molecule has 0 fully saturated rings. The topological polar surface area (TPSA) is 73.1 Å². The molecule has 100 valence electrons. The highest BCUT2D eigenvalue weighted by atomic mass is 16.5. The van der Waals surface area contributed by atoms with Gasteiger partial charge in [0.1, 0.15) is 11.5 Å². The van der Waals surface area contributed by atoms with Crippen LogP contribution in [0.2, 0.25) is 0 Å². The lowest BCUT2D eigenvalue weighted by molar-refractivity contribution is 0.419. The van der Waals surface area contributed by atoms with Crippen molar-refractivity contribution in [1.29, 1.82) is 0 Å². The second-order valence-corrected chi connectivity index (χ2v) is 4.32. The minimum Gasteiger partial charge on any atom is -0.508 e. The van der Waals surface area contributed by atoms with Crippen LogP contribution < -0.4 is 4.74 Å². The number of para-hydroxylation sites is 1. The van der Waals surface area contributed by atoms with E-state index in [2.05, 4.69) is 15.5 Å². The van der Waals surface area contributed by atoms with Crippen molar-refractivity contribution in [2.75, 3.05) is 0 Å². The Morgan fingerprint density at radius 1 is 1.10 bits per heavy atom. The SMILES string of the molecule is Cc1cc(O)cc(Oc2nnnn2-c2ccccc2)c1. The van der Waals surface area contributed by atoms with Crippen molar-refractivity contribution in [1.82, 2.24) is 20.2 Å². The van der Waals surface area contributed by atoms with Crippen molar-refractivity contribution in [2.24, 2.45) is 0 Å². The van der Waals surface area contributed by atoms with E-state index in [4.69, 9.17) is 4.74 Å². The molecule has 0 radical (unpaired) electrons. The van der Waals surface area contributed by atoms with Crippen LogP contribution in [0, 0.1) is 6.92 Å². The maximum Gasteiger partial charge on any atom is 0.345 e. The number of nitrogens with zero attached hydrogens (tertiary/aromatic N) is 4. The Morgan fingerprint density at radius 3 is 2.65 bits per heavy atom. The molecule has 0 saturated heterocycles. The van der Waals surface area contributed by atoms with Crippen LogP contribution >= 0.6 is 0 Å². The zero-order chi connectivity index (χ0) is 13.9. The average molecular weight is 268 g/mol. The van der Waals surface area contributed by atoms with Gasteiger partial charge in [-0.25, -0.2) is 0 Å². The normalized spacial score (nSPS) is 10.4. The lowest BCUT2D eigenvalue weighted by Gasteiger charge is -2.07. The fourth-order valence-electron chi connectivity index (χ4n) is 1.87. The van der Waals surface area contributed by atoms with Gasteiger partial charge in [-0.3, -0.25) is 0 Å². The van der Waals surface area contributed by atoms with Crippen molar-refractivity contribution in [2.45, 2.75) is 6.92 Å². The van der Waals surface area contributed by atoms with Crippen molar-refractivity contribution >= 4 is 0 Å². The zero-order valence-electron chi connectivity index (χ0n) is 10.8. The molecule has 6 heteroatoms. The molecule has 0 aliphatic heterocycles. The molecule has 1 aromatic heterocycles. The first-order valence-corrected chi connectivity index (χ1v) is 6.05. The highest BCUT2D eigenvalue weighted by molar-refractivity contribution is 5.39. The van der Waals surface area contributed by atoms with E-state index in [9.17, 15) is 5.11 Å². The predicted octanol–water partition coefficient (Wildman–Crippen LogP) is 2.47. The van der Waals surface area contributed by atoms with Gasteiger partial charge in [-0.2, -0.15) is 4.68 Å². The molecular weight excluding hydrogens is 256 g/mol. The van der Waals surface area contributed by atoms with E-state index in [1.165, 1.54) is 10.7 Å². The molecule has 2 aromatic carbocycles. The van der Waals surface area contributed by atoms with Gasteiger partial charge in [0.15, 0.2) is 0 Å². The number of hydrogen-bond donors (Lipinski definition) is 1. The van der Waals surface area contributed by atoms with Crippen LogP contribution in [0.5, 0.6) is 17.5 Å². The molecule has 0 spiro atoms. The van der Waals surface area contributed by atoms with E-state index in [1.807, 2.05) is 37.3 Å². The number of rotatable bonds is 3. The van der Waals surface area contributed by atoms with Crippen molar-refractivity contribution in [3.8, 4) is 23.2 Å². The fourth-order valence-corrected chi connectivity index (χ4v) is 1.87. The highest BCUT2D eigenvalue weighted by Crippen LogP contribution is 2.26. The lowest BCUT2D eigenvalue weighted by atomic mass is 10.2. The molecule has 3 rings (SSSR count). The molecule has 3 aromatic rings. The summed E-state index contributed by atoms with van der Waals surface area (Å²) in [6.45, 7) is 1.87. The number of phenolic OH excluding ortho intramolecular Hbond substituents is 1. The average Bonchev–Trinajstić information content (AvgIpc) is 2.86. The van der Waals surface area contributed by atoms with E-state index in [1.54, 1.807) is 12.1 Å². The molecule has 1 heterocycles. The molecule has 0 bridgehead atoms. The van der Waals surface area contributed by atoms with Crippen LogP contribution in [0.15, 0.2) is 48.5 Å². The van der Waals surface area contributed by atoms with Crippen molar-refractivity contribution in [3.63, 3.8) is 0 Å². The Morgan fingerprint density at radius 2 is 1.90 bits per heavy atom. The summed E-state index contributed by atoms with van der Waals surface area (Å²) >= 11 is 0. The summed E-state index contributed by atoms with van der Waals surface area (Å²) in [6, 6.07) is 14.6. The predicted molar refractivity (Wildman–Crippen MR) is 72.1 cm³/mol. The van der Waals surface area contributed by atoms with Gasteiger partial charge in [0.2, 0.25) is 0 Å². The molecule has 0 unspecified atom stereocenters. The maximum absolute atomic E-state index is 9.57. The standard InChI is InChI=1S/C14H12N4O2/c1-10-7-12(19)9-13(8-10)20-14-15-16-17-18(14)11-5-3-2-4-6-11/h2-9,19H,1H3. The molecule has 1 N–H and O–H groups in total. The summed E-state index contributed by atoms with van der Waals surface area (Å²) in [6.07, 6.45) is 0. The summed E-state index contributed by atoms with van der Waals surface area (Å²) < 4.78 is 7.12.